The van der Waals surface area contributed by atoms with Gasteiger partial charge in [-0.3, -0.25) is 48.4 Å². The molecule has 0 radical (unpaired) electrons. The van der Waals surface area contributed by atoms with Gasteiger partial charge in [0.1, 0.15) is 17.5 Å². The number of carboxylic acid groups (broad SMARTS) is 4. The van der Waals surface area contributed by atoms with E-state index in [2.05, 4.69) is 10.2 Å². The van der Waals surface area contributed by atoms with Gasteiger partial charge in [0, 0.05) is 85.1 Å². The number of aliphatic carboxylic acids is 4. The van der Waals surface area contributed by atoms with Gasteiger partial charge in [-0.1, -0.05) is 39.2 Å². The van der Waals surface area contributed by atoms with Crippen molar-refractivity contribution >= 4 is 41.6 Å². The van der Waals surface area contributed by atoms with Gasteiger partial charge in [-0.15, -0.1) is 0 Å². The summed E-state index contributed by atoms with van der Waals surface area (Å²) < 4.78 is 13.2. The summed E-state index contributed by atoms with van der Waals surface area (Å²) in [5.74, 6) is -4.45. The average molecular weight is 1090 g/mol. The largest absolute Gasteiger partial charge is 0.496 e. The van der Waals surface area contributed by atoms with Crippen molar-refractivity contribution in [2.75, 3.05) is 140 Å². The van der Waals surface area contributed by atoms with Gasteiger partial charge in [0.2, 0.25) is 5.91 Å². The molecule has 1 aliphatic carbocycles. The highest BCUT2D eigenvalue weighted by molar-refractivity contribution is 5.97. The van der Waals surface area contributed by atoms with Crippen LogP contribution in [0.5, 0.6) is 11.5 Å². The molecule has 2 heterocycles. The Hall–Kier alpha value is -6.66. The van der Waals surface area contributed by atoms with Crippen LogP contribution in [0.25, 0.3) is 16.9 Å². The Balaban J connectivity index is 1.20. The van der Waals surface area contributed by atoms with Crippen LogP contribution in [0.4, 0.5) is 0 Å². The smallest absolute Gasteiger partial charge is 0.326 e. The Labute approximate surface area is 457 Å². The highest BCUT2D eigenvalue weighted by atomic mass is 16.5. The number of amides is 3. The molecule has 1 unspecified atom stereocenters. The van der Waals surface area contributed by atoms with Crippen LogP contribution in [0.2, 0.25) is 0 Å². The van der Waals surface area contributed by atoms with Crippen molar-refractivity contribution in [3.05, 3.63) is 59.3 Å². The van der Waals surface area contributed by atoms with Crippen molar-refractivity contribution in [1.29, 1.82) is 0 Å². The quantitative estimate of drug-likeness (QED) is 0.0773. The molecule has 3 aromatic rings. The molecule has 5 N–H and O–H groups in total. The maximum absolute atomic E-state index is 14.0. The van der Waals surface area contributed by atoms with Gasteiger partial charge in [-0.25, -0.2) is 9.48 Å². The Morgan fingerprint density at radius 1 is 0.654 bits per heavy atom. The number of methoxy groups -OCH3 is 2. The maximum atomic E-state index is 14.0. The molecular formula is C55H82N10O13. The van der Waals surface area contributed by atoms with Gasteiger partial charge in [-0.05, 0) is 99.6 Å². The molecule has 23 heteroatoms. The Morgan fingerprint density at radius 2 is 1.14 bits per heavy atom. The number of carbonyl (C=O) groups is 7. The van der Waals surface area contributed by atoms with Gasteiger partial charge in [0.05, 0.1) is 57.3 Å². The van der Waals surface area contributed by atoms with Gasteiger partial charge < -0.3 is 49.9 Å². The van der Waals surface area contributed by atoms with E-state index in [4.69, 9.17) is 14.6 Å². The third-order valence-electron chi connectivity index (χ3n) is 14.6. The Bertz CT molecular complexity index is 2460. The van der Waals surface area contributed by atoms with Gasteiger partial charge in [-0.2, -0.15) is 5.10 Å². The lowest BCUT2D eigenvalue weighted by Gasteiger charge is -2.33. The second-order valence-electron chi connectivity index (χ2n) is 20.8. The normalized spacial score (nSPS) is 16.2. The molecule has 2 aromatic carbocycles. The second-order valence-corrected chi connectivity index (χ2v) is 20.8. The molecule has 3 amide bonds. The van der Waals surface area contributed by atoms with E-state index in [-0.39, 0.29) is 81.7 Å². The van der Waals surface area contributed by atoms with Crippen molar-refractivity contribution in [2.45, 2.75) is 70.8 Å². The van der Waals surface area contributed by atoms with E-state index in [1.807, 2.05) is 31.9 Å². The number of carboxylic acids is 4. The van der Waals surface area contributed by atoms with E-state index in [9.17, 15) is 54.0 Å². The van der Waals surface area contributed by atoms with E-state index in [1.165, 1.54) is 14.2 Å². The van der Waals surface area contributed by atoms with Gasteiger partial charge in [0.15, 0.2) is 5.69 Å². The highest BCUT2D eigenvalue weighted by Gasteiger charge is 2.33. The van der Waals surface area contributed by atoms with Crippen molar-refractivity contribution in [3.8, 4) is 28.4 Å². The van der Waals surface area contributed by atoms with E-state index < -0.39 is 35.8 Å². The van der Waals surface area contributed by atoms with Crippen LogP contribution in [0.15, 0.2) is 42.5 Å². The molecule has 1 atom stereocenters. The molecule has 1 aliphatic heterocycles. The molecule has 1 saturated heterocycles. The summed E-state index contributed by atoms with van der Waals surface area (Å²) in [5.41, 5.74) is 2.87. The number of aromatic nitrogens is 2. The standard InChI is InChI=1S/C55H82N10O13/c1-38(2)41-32-40(18-19-43(41)65-44(51-45(77-6)16-11-17-46(51)78-7)33-42(57-65)53(73)56-52(55(75)76)39-14-9-8-10-15-39)54(74)60(5)23-13-21-58(3)20-12-22-59(4)47(66)34-61-24-26-62(35-48(67)68)28-30-64(37-50(71)72)31-29-63(27-25-61)36-49(69)70/h11,16-19,32-33,38-39,52H,8-10,12-15,20-31,34-37H2,1-7H3,(H,56,73)(H,67,68)(H,69,70)(H,71,72)(H,75,76). The molecular weight excluding hydrogens is 1010 g/mol. The predicted octanol–water partition coefficient (Wildman–Crippen LogP) is 3.16. The van der Waals surface area contributed by atoms with Crippen LogP contribution in [0, 0.1) is 5.92 Å². The fourth-order valence-electron chi connectivity index (χ4n) is 10.2. The minimum Gasteiger partial charge on any atom is -0.496 e. The third kappa shape index (κ3) is 18.5. The summed E-state index contributed by atoms with van der Waals surface area (Å²) in [4.78, 5) is 101. The minimum absolute atomic E-state index is 0.00878. The zero-order chi connectivity index (χ0) is 57.1. The second kappa shape index (κ2) is 30.5. The predicted molar refractivity (Wildman–Crippen MR) is 292 cm³/mol. The number of nitrogens with one attached hydrogen (secondary N) is 1. The van der Waals surface area contributed by atoms with E-state index in [1.54, 1.807) is 79.7 Å². The van der Waals surface area contributed by atoms with Gasteiger partial charge >= 0.3 is 23.9 Å². The number of likely N-dealkylation sites (N-methyl/N-ethyl adjacent to an activating group) is 1. The van der Waals surface area contributed by atoms with E-state index >= 15 is 0 Å². The fourth-order valence-corrected chi connectivity index (χ4v) is 10.2. The van der Waals surface area contributed by atoms with Gasteiger partial charge in [0.25, 0.3) is 11.8 Å². The molecule has 1 saturated carbocycles. The molecule has 430 valence electrons. The van der Waals surface area contributed by atoms with Crippen molar-refractivity contribution < 1.29 is 63.5 Å². The summed E-state index contributed by atoms with van der Waals surface area (Å²) >= 11 is 0. The van der Waals surface area contributed by atoms with E-state index in [0.29, 0.717) is 112 Å². The van der Waals surface area contributed by atoms with Crippen molar-refractivity contribution in [3.63, 3.8) is 0 Å². The molecule has 23 nitrogen and oxygen atoms in total. The Kier molecular flexibility index (Phi) is 24.3. The first-order chi connectivity index (χ1) is 37.2. The summed E-state index contributed by atoms with van der Waals surface area (Å²) in [6, 6.07) is 11.3. The number of hydrogen-bond donors (Lipinski definition) is 5. The van der Waals surface area contributed by atoms with Crippen LogP contribution in [-0.4, -0.2) is 252 Å². The molecule has 0 bridgehead atoms. The number of hydrogen-bond acceptors (Lipinski definition) is 15. The first-order valence-corrected chi connectivity index (χ1v) is 26.9. The lowest BCUT2D eigenvalue weighted by Crippen LogP contribution is -2.50. The number of carbonyl (C=O) groups excluding carboxylic acids is 3. The van der Waals surface area contributed by atoms with Crippen LogP contribution < -0.4 is 14.8 Å². The monoisotopic (exact) mass is 1090 g/mol. The summed E-state index contributed by atoms with van der Waals surface area (Å²) in [6.07, 6.45) is 5.62. The Morgan fingerprint density at radius 3 is 1.60 bits per heavy atom. The molecule has 1 aromatic heterocycles. The summed E-state index contributed by atoms with van der Waals surface area (Å²) in [5, 5.41) is 46.4. The SMILES string of the molecule is COc1cccc(OC)c1-c1cc(C(=O)NC(C(=O)O)C2CCCCC2)nn1-c1ccc(C(=O)N(C)CCCN(C)CCCN(C)C(=O)CN2CCN(CC(=O)O)CCN(CC(=O)O)CCN(CC(=O)O)CC2)cc1C(C)C. The number of rotatable bonds is 26. The number of nitrogens with zero attached hydrogens (tertiary/aromatic N) is 9. The molecule has 2 fully saturated rings. The zero-order valence-corrected chi connectivity index (χ0v) is 46.5. The lowest BCUT2D eigenvalue weighted by molar-refractivity contribution is -0.141. The first kappa shape index (κ1) is 62.2. The van der Waals surface area contributed by atoms with E-state index in [0.717, 1.165) is 24.8 Å². The molecule has 5 rings (SSSR count). The van der Waals surface area contributed by atoms with Crippen molar-refractivity contribution in [2.24, 2.45) is 5.92 Å². The fraction of sp³-hybridized carbons (Fsp3) is 0.600. The van der Waals surface area contributed by atoms with Crippen LogP contribution in [0.1, 0.15) is 91.1 Å². The van der Waals surface area contributed by atoms with Crippen LogP contribution >= 0.6 is 0 Å². The topological polar surface area (TPSA) is 271 Å². The van der Waals surface area contributed by atoms with Crippen LogP contribution in [-0.2, 0) is 24.0 Å². The average Bonchev–Trinajstić information content (AvgIpc) is 3.94. The number of ether oxygens (including phenoxy) is 2. The summed E-state index contributed by atoms with van der Waals surface area (Å²) in [7, 11) is 8.55. The zero-order valence-electron chi connectivity index (χ0n) is 46.5. The van der Waals surface area contributed by atoms with Crippen LogP contribution in [0.3, 0.4) is 0 Å². The number of benzene rings is 2. The minimum atomic E-state index is -1.09. The van der Waals surface area contributed by atoms with Crippen molar-refractivity contribution in [1.82, 2.24) is 49.4 Å². The molecule has 2 aliphatic rings. The lowest BCUT2D eigenvalue weighted by atomic mass is 9.84. The molecule has 78 heavy (non-hydrogen) atoms. The third-order valence-corrected chi connectivity index (χ3v) is 14.6. The first-order valence-electron chi connectivity index (χ1n) is 26.9. The maximum Gasteiger partial charge on any atom is 0.326 e. The highest BCUT2D eigenvalue weighted by Crippen LogP contribution is 2.41. The summed E-state index contributed by atoms with van der Waals surface area (Å²) in [6.45, 7) is 8.12. The molecule has 0 spiro atoms.